The lowest BCUT2D eigenvalue weighted by Gasteiger charge is -2.30. The summed E-state index contributed by atoms with van der Waals surface area (Å²) in [6.45, 7) is 14.2. The summed E-state index contributed by atoms with van der Waals surface area (Å²) in [6, 6.07) is 0. The predicted molar refractivity (Wildman–Crippen MR) is 66.5 cm³/mol. The van der Waals surface area contributed by atoms with Crippen LogP contribution in [-0.2, 0) is 0 Å². The van der Waals surface area contributed by atoms with Crippen molar-refractivity contribution < 1.29 is 0 Å². The molecule has 0 radical (unpaired) electrons. The lowest BCUT2D eigenvalue weighted by atomic mass is 9.76. The molecule has 0 spiro atoms. The highest BCUT2D eigenvalue weighted by Crippen LogP contribution is 2.34. The Labute approximate surface area is 91.5 Å². The molecule has 0 saturated carbocycles. The van der Waals surface area contributed by atoms with Crippen molar-refractivity contribution in [2.75, 3.05) is 0 Å². The van der Waals surface area contributed by atoms with Gasteiger partial charge in [0.25, 0.3) is 0 Å². The Bertz CT molecular complexity index is 131. The van der Waals surface area contributed by atoms with Gasteiger partial charge in [-0.15, -0.1) is 0 Å². The minimum absolute atomic E-state index is 0.600. The average Bonchev–Trinajstić information content (AvgIpc) is 2.18. The van der Waals surface area contributed by atoms with Crippen molar-refractivity contribution in [2.45, 2.75) is 73.6 Å². The topological polar surface area (TPSA) is 0 Å². The summed E-state index contributed by atoms with van der Waals surface area (Å²) in [5.74, 6) is 1.80. The van der Waals surface area contributed by atoms with E-state index in [1.807, 2.05) is 0 Å². The van der Waals surface area contributed by atoms with E-state index in [2.05, 4.69) is 41.5 Å². The Balaban J connectivity index is 4.00. The van der Waals surface area contributed by atoms with Crippen LogP contribution < -0.4 is 0 Å². The Kier molecular flexibility index (Phi) is 6.48. The lowest BCUT2D eigenvalue weighted by Crippen LogP contribution is -2.17. The van der Waals surface area contributed by atoms with Crippen LogP contribution in [0.2, 0.25) is 0 Å². The van der Waals surface area contributed by atoms with Crippen LogP contribution in [0.25, 0.3) is 0 Å². The van der Waals surface area contributed by atoms with Crippen LogP contribution in [-0.4, -0.2) is 0 Å². The summed E-state index contributed by atoms with van der Waals surface area (Å²) >= 11 is 0. The molecule has 14 heavy (non-hydrogen) atoms. The van der Waals surface area contributed by atoms with E-state index < -0.39 is 0 Å². The molecule has 86 valence electrons. The zero-order chi connectivity index (χ0) is 11.2. The SMILES string of the molecule is CCC(CCC(C)(CC)CC)C(C)C. The van der Waals surface area contributed by atoms with E-state index in [0.717, 1.165) is 11.8 Å². The minimum Gasteiger partial charge on any atom is -0.0651 e. The van der Waals surface area contributed by atoms with Gasteiger partial charge in [-0.2, -0.15) is 0 Å². The summed E-state index contributed by atoms with van der Waals surface area (Å²) < 4.78 is 0. The van der Waals surface area contributed by atoms with Gasteiger partial charge in [-0.1, -0.05) is 60.8 Å². The maximum atomic E-state index is 2.44. The van der Waals surface area contributed by atoms with Crippen LogP contribution >= 0.6 is 0 Å². The Hall–Kier alpha value is 0. The zero-order valence-electron chi connectivity index (χ0n) is 11.2. The van der Waals surface area contributed by atoms with Gasteiger partial charge < -0.3 is 0 Å². The maximum absolute atomic E-state index is 2.44. The zero-order valence-corrected chi connectivity index (χ0v) is 11.2. The number of hydrogen-bond acceptors (Lipinski definition) is 0. The van der Waals surface area contributed by atoms with Crippen molar-refractivity contribution in [3.8, 4) is 0 Å². The molecule has 0 aliphatic carbocycles. The molecule has 0 saturated heterocycles. The van der Waals surface area contributed by atoms with E-state index in [-0.39, 0.29) is 0 Å². The quantitative estimate of drug-likeness (QED) is 0.522. The second-order valence-electron chi connectivity index (χ2n) is 5.47. The first-order valence-electron chi connectivity index (χ1n) is 6.49. The molecule has 0 aromatic rings. The maximum Gasteiger partial charge on any atom is -0.0331 e. The third-order valence-electron chi connectivity index (χ3n) is 4.29. The fourth-order valence-corrected chi connectivity index (χ4v) is 2.15. The van der Waals surface area contributed by atoms with Crippen molar-refractivity contribution in [2.24, 2.45) is 17.3 Å². The predicted octanol–water partition coefficient (Wildman–Crippen LogP) is 5.28. The van der Waals surface area contributed by atoms with Crippen LogP contribution in [0.3, 0.4) is 0 Å². The molecule has 0 nitrogen and oxygen atoms in total. The van der Waals surface area contributed by atoms with Gasteiger partial charge in [0, 0.05) is 0 Å². The summed E-state index contributed by atoms with van der Waals surface area (Å²) in [7, 11) is 0. The van der Waals surface area contributed by atoms with E-state index in [1.54, 1.807) is 0 Å². The highest BCUT2D eigenvalue weighted by atomic mass is 14.3. The number of hydrogen-bond donors (Lipinski definition) is 0. The van der Waals surface area contributed by atoms with Gasteiger partial charge >= 0.3 is 0 Å². The van der Waals surface area contributed by atoms with Crippen LogP contribution in [0.1, 0.15) is 73.6 Å². The molecule has 0 heteroatoms. The van der Waals surface area contributed by atoms with Crippen LogP contribution in [0.4, 0.5) is 0 Å². The molecule has 0 amide bonds. The fraction of sp³-hybridized carbons (Fsp3) is 1.00. The third-order valence-corrected chi connectivity index (χ3v) is 4.29. The van der Waals surface area contributed by atoms with Crippen molar-refractivity contribution in [3.63, 3.8) is 0 Å². The van der Waals surface area contributed by atoms with Gasteiger partial charge in [0.15, 0.2) is 0 Å². The van der Waals surface area contributed by atoms with Crippen LogP contribution in [0.15, 0.2) is 0 Å². The van der Waals surface area contributed by atoms with Crippen molar-refractivity contribution in [3.05, 3.63) is 0 Å². The van der Waals surface area contributed by atoms with E-state index in [1.165, 1.54) is 32.1 Å². The molecular weight excluding hydrogens is 168 g/mol. The normalized spacial score (nSPS) is 14.8. The van der Waals surface area contributed by atoms with Gasteiger partial charge in [0.2, 0.25) is 0 Å². The van der Waals surface area contributed by atoms with Crippen molar-refractivity contribution in [1.82, 2.24) is 0 Å². The lowest BCUT2D eigenvalue weighted by molar-refractivity contribution is 0.222. The van der Waals surface area contributed by atoms with E-state index in [9.17, 15) is 0 Å². The molecular formula is C14H30. The summed E-state index contributed by atoms with van der Waals surface area (Å²) in [4.78, 5) is 0. The molecule has 1 atom stereocenters. The minimum atomic E-state index is 0.600. The van der Waals surface area contributed by atoms with Gasteiger partial charge in [0.1, 0.15) is 0 Å². The van der Waals surface area contributed by atoms with Gasteiger partial charge in [-0.05, 0) is 30.1 Å². The largest absolute Gasteiger partial charge is 0.0651 e. The van der Waals surface area contributed by atoms with Crippen molar-refractivity contribution >= 4 is 0 Å². The van der Waals surface area contributed by atoms with Crippen LogP contribution in [0, 0.1) is 17.3 Å². The van der Waals surface area contributed by atoms with E-state index in [4.69, 9.17) is 0 Å². The van der Waals surface area contributed by atoms with Gasteiger partial charge in [-0.3, -0.25) is 0 Å². The standard InChI is InChI=1S/C14H30/c1-7-13(12(4)5)10-11-14(6,8-2)9-3/h12-13H,7-11H2,1-6H3. The molecule has 0 aliphatic rings. The first kappa shape index (κ1) is 14.0. The first-order chi connectivity index (χ1) is 6.49. The Morgan fingerprint density at radius 1 is 1.00 bits per heavy atom. The molecule has 0 fully saturated rings. The van der Waals surface area contributed by atoms with Gasteiger partial charge in [0.05, 0.1) is 0 Å². The average molecular weight is 198 g/mol. The van der Waals surface area contributed by atoms with Gasteiger partial charge in [-0.25, -0.2) is 0 Å². The number of rotatable bonds is 7. The summed E-state index contributed by atoms with van der Waals surface area (Å²) in [6.07, 6.45) is 6.85. The summed E-state index contributed by atoms with van der Waals surface area (Å²) in [5, 5.41) is 0. The Morgan fingerprint density at radius 3 is 1.79 bits per heavy atom. The Morgan fingerprint density at radius 2 is 1.50 bits per heavy atom. The van der Waals surface area contributed by atoms with Crippen LogP contribution in [0.5, 0.6) is 0 Å². The van der Waals surface area contributed by atoms with Crippen molar-refractivity contribution in [1.29, 1.82) is 0 Å². The molecule has 0 aromatic carbocycles. The summed E-state index contributed by atoms with van der Waals surface area (Å²) in [5.41, 5.74) is 0.600. The second kappa shape index (κ2) is 6.48. The molecule has 0 N–H and O–H groups in total. The first-order valence-corrected chi connectivity index (χ1v) is 6.49. The third kappa shape index (κ3) is 4.48. The molecule has 0 heterocycles. The molecule has 1 unspecified atom stereocenters. The molecule has 0 bridgehead atoms. The van der Waals surface area contributed by atoms with E-state index >= 15 is 0 Å². The molecule has 0 aromatic heterocycles. The molecule has 0 aliphatic heterocycles. The highest BCUT2D eigenvalue weighted by molar-refractivity contribution is 4.73. The monoisotopic (exact) mass is 198 g/mol. The molecule has 0 rings (SSSR count). The smallest absolute Gasteiger partial charge is 0.0331 e. The highest BCUT2D eigenvalue weighted by Gasteiger charge is 2.21. The fourth-order valence-electron chi connectivity index (χ4n) is 2.15. The van der Waals surface area contributed by atoms with E-state index in [0.29, 0.717) is 5.41 Å². The second-order valence-corrected chi connectivity index (χ2v) is 5.47.